The maximum absolute atomic E-state index is 11.7. The Balaban J connectivity index is 3.69. The summed E-state index contributed by atoms with van der Waals surface area (Å²) >= 11 is 9.06. The van der Waals surface area contributed by atoms with E-state index in [1.165, 1.54) is 0 Å². The third-order valence-electron chi connectivity index (χ3n) is 0.562. The molecule has 0 aliphatic carbocycles. The number of rotatable bonds is 2. The van der Waals surface area contributed by atoms with Crippen LogP contribution in [0, 0.1) is 0 Å². The van der Waals surface area contributed by atoms with Gasteiger partial charge >= 0.3 is 11.9 Å². The molecule has 0 aliphatic rings. The van der Waals surface area contributed by atoms with Crippen molar-refractivity contribution in [2.75, 3.05) is 0 Å². The van der Waals surface area contributed by atoms with Crippen LogP contribution in [0.5, 0.6) is 0 Å². The lowest BCUT2D eigenvalue weighted by Crippen LogP contribution is -2.20. The molecule has 4 nitrogen and oxygen atoms in total. The lowest BCUT2D eigenvalue weighted by molar-refractivity contribution is -0.262. The third kappa shape index (κ3) is 4.30. The fourth-order valence-corrected chi connectivity index (χ4v) is 0.228. The van der Waals surface area contributed by atoms with Crippen molar-refractivity contribution in [1.82, 2.24) is 0 Å². The Bertz CT molecular complexity index is 164. The molecule has 0 fully saturated rings. The highest BCUT2D eigenvalue weighted by molar-refractivity contribution is 6.29. The number of carbonyl (C=O) groups is 2. The smallest absolute Gasteiger partial charge is 0.242 e. The minimum Gasteiger partial charge on any atom is -0.242 e. The standard InChI is InChI=1S/C4H2Cl2F2O4/c5-1(7)3(9)11-12-4(10)2(6)8/h1-2H. The predicted octanol–water partition coefficient (Wildman–Crippen LogP) is 1.06. The Morgan fingerprint density at radius 1 is 1.00 bits per heavy atom. The molecule has 12 heavy (non-hydrogen) atoms. The van der Waals surface area contributed by atoms with Gasteiger partial charge in [0.1, 0.15) is 0 Å². The molecule has 0 N–H and O–H groups in total. The zero-order chi connectivity index (χ0) is 9.72. The summed E-state index contributed by atoms with van der Waals surface area (Å²) < 4.78 is 23.4. The van der Waals surface area contributed by atoms with Crippen molar-refractivity contribution in [3.05, 3.63) is 0 Å². The summed E-state index contributed by atoms with van der Waals surface area (Å²) in [6.45, 7) is 0. The second-order valence-corrected chi connectivity index (χ2v) is 2.17. The van der Waals surface area contributed by atoms with Gasteiger partial charge in [-0.05, 0) is 0 Å². The summed E-state index contributed by atoms with van der Waals surface area (Å²) in [6.07, 6.45) is 0. The maximum atomic E-state index is 11.7. The number of halogens is 4. The molecule has 2 atom stereocenters. The second kappa shape index (κ2) is 5.10. The van der Waals surface area contributed by atoms with E-state index in [0.717, 1.165) is 0 Å². The second-order valence-electron chi connectivity index (χ2n) is 1.41. The van der Waals surface area contributed by atoms with E-state index in [2.05, 4.69) is 33.0 Å². The van der Waals surface area contributed by atoms with Gasteiger partial charge in [0.15, 0.2) is 0 Å². The van der Waals surface area contributed by atoms with Gasteiger partial charge in [-0.2, -0.15) is 0 Å². The van der Waals surface area contributed by atoms with Crippen LogP contribution >= 0.6 is 23.2 Å². The summed E-state index contributed by atoms with van der Waals surface area (Å²) in [6, 6.07) is 0. The first kappa shape index (κ1) is 11.4. The van der Waals surface area contributed by atoms with Gasteiger partial charge in [0, 0.05) is 0 Å². The van der Waals surface area contributed by atoms with Crippen molar-refractivity contribution in [1.29, 1.82) is 0 Å². The van der Waals surface area contributed by atoms with Crippen LogP contribution in [0.2, 0.25) is 0 Å². The number of hydrogen-bond donors (Lipinski definition) is 0. The molecule has 0 saturated heterocycles. The molecule has 8 heteroatoms. The molecule has 0 aromatic carbocycles. The van der Waals surface area contributed by atoms with Gasteiger partial charge in [0.2, 0.25) is 0 Å². The van der Waals surface area contributed by atoms with Crippen LogP contribution in [-0.2, 0) is 19.4 Å². The minimum absolute atomic E-state index is 1.66. The maximum Gasteiger partial charge on any atom is 0.404 e. The molecule has 0 spiro atoms. The van der Waals surface area contributed by atoms with Crippen molar-refractivity contribution < 1.29 is 28.1 Å². The molecule has 0 bridgehead atoms. The Morgan fingerprint density at radius 2 is 1.25 bits per heavy atom. The molecule has 2 unspecified atom stereocenters. The lowest BCUT2D eigenvalue weighted by atomic mass is 10.8. The van der Waals surface area contributed by atoms with Gasteiger partial charge in [-0.25, -0.2) is 28.1 Å². The summed E-state index contributed by atoms with van der Waals surface area (Å²) in [5.41, 5.74) is -4.96. The largest absolute Gasteiger partial charge is 0.404 e. The van der Waals surface area contributed by atoms with Crippen molar-refractivity contribution in [3.8, 4) is 0 Å². The van der Waals surface area contributed by atoms with Crippen LogP contribution in [0.4, 0.5) is 8.78 Å². The Hall–Kier alpha value is -0.620. The van der Waals surface area contributed by atoms with Gasteiger partial charge in [0.25, 0.3) is 11.3 Å². The average molecular weight is 223 g/mol. The fraction of sp³-hybridized carbons (Fsp3) is 0.500. The minimum atomic E-state index is -2.48. The summed E-state index contributed by atoms with van der Waals surface area (Å²) in [7, 11) is 0. The monoisotopic (exact) mass is 222 g/mol. The normalized spacial score (nSPS) is 14.7. The molecule has 0 rings (SSSR count). The lowest BCUT2D eigenvalue weighted by Gasteiger charge is -2.01. The van der Waals surface area contributed by atoms with E-state index in [4.69, 9.17) is 0 Å². The average Bonchev–Trinajstić information content (AvgIpc) is 1.98. The van der Waals surface area contributed by atoms with Crippen LogP contribution in [0.25, 0.3) is 0 Å². The van der Waals surface area contributed by atoms with Crippen LogP contribution in [0.3, 0.4) is 0 Å². The van der Waals surface area contributed by atoms with Crippen LogP contribution in [0.15, 0.2) is 0 Å². The summed E-state index contributed by atoms with van der Waals surface area (Å²) in [4.78, 5) is 27.0. The Kier molecular flexibility index (Phi) is 4.84. The van der Waals surface area contributed by atoms with Crippen molar-refractivity contribution in [3.63, 3.8) is 0 Å². The zero-order valence-electron chi connectivity index (χ0n) is 5.30. The van der Waals surface area contributed by atoms with Crippen LogP contribution < -0.4 is 0 Å². The Morgan fingerprint density at radius 3 is 1.42 bits per heavy atom. The number of hydrogen-bond acceptors (Lipinski definition) is 4. The van der Waals surface area contributed by atoms with Crippen molar-refractivity contribution in [2.45, 2.75) is 11.3 Å². The van der Waals surface area contributed by atoms with E-state index in [-0.39, 0.29) is 0 Å². The number of carbonyl (C=O) groups excluding carboxylic acids is 2. The van der Waals surface area contributed by atoms with E-state index in [1.807, 2.05) is 0 Å². The van der Waals surface area contributed by atoms with Crippen molar-refractivity contribution >= 4 is 35.1 Å². The van der Waals surface area contributed by atoms with Crippen molar-refractivity contribution in [2.24, 2.45) is 0 Å². The molecule has 0 radical (unpaired) electrons. The topological polar surface area (TPSA) is 52.6 Å². The first-order valence-corrected chi connectivity index (χ1v) is 3.31. The van der Waals surface area contributed by atoms with Gasteiger partial charge < -0.3 is 0 Å². The predicted molar refractivity (Wildman–Crippen MR) is 33.7 cm³/mol. The molecule has 70 valence electrons. The highest BCUT2D eigenvalue weighted by Gasteiger charge is 2.22. The molecule has 0 heterocycles. The summed E-state index contributed by atoms with van der Waals surface area (Å²) in [5.74, 6) is -3.33. The van der Waals surface area contributed by atoms with Gasteiger partial charge in [-0.1, -0.05) is 23.2 Å². The first-order chi connectivity index (χ1) is 5.45. The van der Waals surface area contributed by atoms with E-state index in [0.29, 0.717) is 0 Å². The zero-order valence-corrected chi connectivity index (χ0v) is 6.81. The first-order valence-electron chi connectivity index (χ1n) is 2.43. The van der Waals surface area contributed by atoms with Gasteiger partial charge in [0.05, 0.1) is 0 Å². The molecular weight excluding hydrogens is 221 g/mol. The van der Waals surface area contributed by atoms with Gasteiger partial charge in [-0.15, -0.1) is 0 Å². The quantitative estimate of drug-likeness (QED) is 0.399. The third-order valence-corrected chi connectivity index (χ3v) is 0.919. The fourth-order valence-electron chi connectivity index (χ4n) is 0.155. The molecule has 0 saturated carbocycles. The summed E-state index contributed by atoms with van der Waals surface area (Å²) in [5, 5.41) is 0. The Labute approximate surface area is 75.3 Å². The van der Waals surface area contributed by atoms with Crippen LogP contribution in [-0.4, -0.2) is 23.2 Å². The van der Waals surface area contributed by atoms with E-state index in [9.17, 15) is 18.4 Å². The van der Waals surface area contributed by atoms with E-state index < -0.39 is 23.2 Å². The van der Waals surface area contributed by atoms with Crippen LogP contribution in [0.1, 0.15) is 0 Å². The van der Waals surface area contributed by atoms with E-state index in [1.54, 1.807) is 0 Å². The molecule has 0 aliphatic heterocycles. The molecule has 0 amide bonds. The molecule has 0 aromatic heterocycles. The molecule has 0 aromatic rings. The highest BCUT2D eigenvalue weighted by atomic mass is 35.5. The highest BCUT2D eigenvalue weighted by Crippen LogP contribution is 2.03. The molecular formula is C4H2Cl2F2O4. The SMILES string of the molecule is O=C(OOC(=O)C(F)Cl)C(F)Cl. The van der Waals surface area contributed by atoms with Gasteiger partial charge in [-0.3, -0.25) is 0 Å². The number of alkyl halides is 4. The van der Waals surface area contributed by atoms with E-state index >= 15 is 0 Å².